The second-order valence-corrected chi connectivity index (χ2v) is 8.84. The van der Waals surface area contributed by atoms with Crippen LogP contribution in [-0.4, -0.2) is 29.6 Å². The number of rotatable bonds is 5. The lowest BCUT2D eigenvalue weighted by atomic mass is 9.95. The fourth-order valence-corrected chi connectivity index (χ4v) is 5.41. The van der Waals surface area contributed by atoms with E-state index in [1.807, 2.05) is 0 Å². The molecule has 1 fully saturated rings. The smallest absolute Gasteiger partial charge is 0.387 e. The molecule has 154 valence electrons. The molecule has 4 rings (SSSR count). The zero-order chi connectivity index (χ0) is 20.6. The summed E-state index contributed by atoms with van der Waals surface area (Å²) in [5, 5.41) is 0. The number of fused-ring (bicyclic) bond motifs is 1. The Labute approximate surface area is 166 Å². The molecule has 2 heterocycles. The van der Waals surface area contributed by atoms with Gasteiger partial charge in [0.05, 0.1) is 4.90 Å². The summed E-state index contributed by atoms with van der Waals surface area (Å²) >= 11 is 0. The van der Waals surface area contributed by atoms with Crippen LogP contribution in [0.25, 0.3) is 11.2 Å². The monoisotopic (exact) mass is 422 g/mol. The summed E-state index contributed by atoms with van der Waals surface area (Å²) in [6.45, 7) is -2.99. The Bertz CT molecular complexity index is 1120. The number of nitrogens with zero attached hydrogens (tertiary/aromatic N) is 3. The maximum atomic E-state index is 13.3. The third-order valence-corrected chi connectivity index (χ3v) is 7.01. The van der Waals surface area contributed by atoms with Gasteiger partial charge in [0.15, 0.2) is 5.65 Å². The zero-order valence-electron chi connectivity index (χ0n) is 15.5. The van der Waals surface area contributed by atoms with E-state index in [0.717, 1.165) is 32.1 Å². The van der Waals surface area contributed by atoms with Crippen LogP contribution in [0.5, 0.6) is 5.75 Å². The lowest BCUT2D eigenvalue weighted by Gasteiger charge is -2.24. The van der Waals surface area contributed by atoms with Crippen LogP contribution in [0, 0.1) is 0 Å². The van der Waals surface area contributed by atoms with Gasteiger partial charge in [-0.1, -0.05) is 19.3 Å². The van der Waals surface area contributed by atoms with Gasteiger partial charge < -0.3 is 15.0 Å². The van der Waals surface area contributed by atoms with Crippen molar-refractivity contribution in [2.24, 2.45) is 0 Å². The molecular weight excluding hydrogens is 402 g/mol. The van der Waals surface area contributed by atoms with Gasteiger partial charge in [0.25, 0.3) is 0 Å². The molecule has 0 spiro atoms. The summed E-state index contributed by atoms with van der Waals surface area (Å²) in [7, 11) is -4.05. The van der Waals surface area contributed by atoms with Gasteiger partial charge in [0, 0.05) is 18.4 Å². The molecule has 29 heavy (non-hydrogen) atoms. The van der Waals surface area contributed by atoms with Gasteiger partial charge in [0.2, 0.25) is 9.84 Å². The first kappa shape index (κ1) is 19.6. The van der Waals surface area contributed by atoms with Gasteiger partial charge in [-0.3, -0.25) is 0 Å². The van der Waals surface area contributed by atoms with Crippen LogP contribution in [0.1, 0.15) is 38.1 Å². The Balaban J connectivity index is 1.83. The molecule has 3 aromatic rings. The Morgan fingerprint density at radius 1 is 1.07 bits per heavy atom. The van der Waals surface area contributed by atoms with E-state index in [4.69, 9.17) is 5.73 Å². The molecule has 2 N–H and O–H groups in total. The van der Waals surface area contributed by atoms with Crippen molar-refractivity contribution in [3.63, 3.8) is 0 Å². The zero-order valence-corrected chi connectivity index (χ0v) is 16.3. The lowest BCUT2D eigenvalue weighted by molar-refractivity contribution is -0.0498. The third kappa shape index (κ3) is 3.52. The molecular formula is C19H20F2N4O3S. The molecule has 1 aromatic carbocycles. The van der Waals surface area contributed by atoms with Crippen molar-refractivity contribution in [2.45, 2.75) is 54.5 Å². The average molecular weight is 422 g/mol. The largest absolute Gasteiger partial charge is 0.435 e. The van der Waals surface area contributed by atoms with Gasteiger partial charge in [-0.2, -0.15) is 8.78 Å². The molecule has 0 saturated heterocycles. The summed E-state index contributed by atoms with van der Waals surface area (Å²) in [4.78, 5) is 8.40. The van der Waals surface area contributed by atoms with Crippen LogP contribution in [0.3, 0.4) is 0 Å². The number of hydrogen-bond acceptors (Lipinski definition) is 6. The molecule has 0 unspecified atom stereocenters. The van der Waals surface area contributed by atoms with Crippen molar-refractivity contribution in [1.29, 1.82) is 0 Å². The fourth-order valence-electron chi connectivity index (χ4n) is 3.90. The number of benzene rings is 1. The number of anilines is 1. The minimum Gasteiger partial charge on any atom is -0.435 e. The van der Waals surface area contributed by atoms with E-state index in [1.165, 1.54) is 36.7 Å². The molecule has 0 atom stereocenters. The van der Waals surface area contributed by atoms with Crippen LogP contribution >= 0.6 is 0 Å². The second kappa shape index (κ2) is 7.58. The standard InChI is InChI=1S/C19H20F2N4O3S/c20-19(21)28-13-6-8-14(9-7-13)29(26,27)16-15-18(24-11-10-23-15)25(17(16)22)12-4-2-1-3-5-12/h6-12,19H,1-5,22H2. The predicted octanol–water partition coefficient (Wildman–Crippen LogP) is 3.95. The summed E-state index contributed by atoms with van der Waals surface area (Å²) in [6.07, 6.45) is 7.93. The van der Waals surface area contributed by atoms with Crippen LogP contribution in [-0.2, 0) is 9.84 Å². The van der Waals surface area contributed by atoms with E-state index >= 15 is 0 Å². The van der Waals surface area contributed by atoms with Gasteiger partial charge >= 0.3 is 6.61 Å². The Morgan fingerprint density at radius 3 is 2.38 bits per heavy atom. The molecule has 1 saturated carbocycles. The second-order valence-electron chi connectivity index (χ2n) is 6.96. The number of sulfone groups is 1. The first-order valence-corrected chi connectivity index (χ1v) is 10.8. The van der Waals surface area contributed by atoms with Crippen molar-refractivity contribution < 1.29 is 21.9 Å². The number of halogens is 2. The van der Waals surface area contributed by atoms with E-state index in [0.29, 0.717) is 5.65 Å². The van der Waals surface area contributed by atoms with Gasteiger partial charge in [-0.25, -0.2) is 18.4 Å². The molecule has 1 aliphatic rings. The van der Waals surface area contributed by atoms with Crippen LogP contribution < -0.4 is 10.5 Å². The van der Waals surface area contributed by atoms with E-state index < -0.39 is 16.4 Å². The molecule has 10 heteroatoms. The highest BCUT2D eigenvalue weighted by molar-refractivity contribution is 7.92. The number of ether oxygens (including phenoxy) is 1. The van der Waals surface area contributed by atoms with Crippen LogP contribution in [0.2, 0.25) is 0 Å². The van der Waals surface area contributed by atoms with E-state index in [2.05, 4.69) is 14.7 Å². The molecule has 0 radical (unpaired) electrons. The van der Waals surface area contributed by atoms with E-state index in [1.54, 1.807) is 4.57 Å². The lowest BCUT2D eigenvalue weighted by Crippen LogP contribution is -2.16. The van der Waals surface area contributed by atoms with Crippen molar-refractivity contribution in [3.05, 3.63) is 36.7 Å². The fraction of sp³-hybridized carbons (Fsp3) is 0.368. The van der Waals surface area contributed by atoms with E-state index in [-0.39, 0.29) is 32.9 Å². The number of aromatic nitrogens is 3. The van der Waals surface area contributed by atoms with Crippen molar-refractivity contribution in [1.82, 2.24) is 14.5 Å². The highest BCUT2D eigenvalue weighted by Gasteiger charge is 2.32. The van der Waals surface area contributed by atoms with Crippen molar-refractivity contribution >= 4 is 26.8 Å². The molecule has 1 aliphatic carbocycles. The minimum absolute atomic E-state index is 0.0636. The van der Waals surface area contributed by atoms with Crippen LogP contribution in [0.4, 0.5) is 14.6 Å². The molecule has 7 nitrogen and oxygen atoms in total. The summed E-state index contributed by atoms with van der Waals surface area (Å²) in [5.41, 5.74) is 7.00. The maximum Gasteiger partial charge on any atom is 0.387 e. The highest BCUT2D eigenvalue weighted by atomic mass is 32.2. The van der Waals surface area contributed by atoms with Crippen molar-refractivity contribution in [2.75, 3.05) is 5.73 Å². The number of nitrogen functional groups attached to an aromatic ring is 1. The first-order valence-electron chi connectivity index (χ1n) is 9.30. The topological polar surface area (TPSA) is 100 Å². The number of hydrogen-bond donors (Lipinski definition) is 1. The quantitative estimate of drug-likeness (QED) is 0.668. The van der Waals surface area contributed by atoms with Gasteiger partial charge in [0.1, 0.15) is 22.0 Å². The van der Waals surface area contributed by atoms with Crippen LogP contribution in [0.15, 0.2) is 46.5 Å². The minimum atomic E-state index is -4.05. The summed E-state index contributed by atoms with van der Waals surface area (Å²) in [6, 6.07) is 4.86. The normalized spacial score (nSPS) is 15.8. The molecule has 2 aromatic heterocycles. The Morgan fingerprint density at radius 2 is 1.72 bits per heavy atom. The third-order valence-electron chi connectivity index (χ3n) is 5.18. The number of alkyl halides is 2. The summed E-state index contributed by atoms with van der Waals surface area (Å²) < 4.78 is 57.5. The summed E-state index contributed by atoms with van der Waals surface area (Å²) in [5.74, 6) is -0.0256. The average Bonchev–Trinajstić information content (AvgIpc) is 3.01. The van der Waals surface area contributed by atoms with E-state index in [9.17, 15) is 17.2 Å². The predicted molar refractivity (Wildman–Crippen MR) is 103 cm³/mol. The Kier molecular flexibility index (Phi) is 5.12. The SMILES string of the molecule is Nc1c(S(=O)(=O)c2ccc(OC(F)F)cc2)c2nccnc2n1C1CCCCC1. The first-order chi connectivity index (χ1) is 13.9. The Hall–Kier alpha value is -2.75. The van der Waals surface area contributed by atoms with Gasteiger partial charge in [-0.15, -0.1) is 0 Å². The van der Waals surface area contributed by atoms with Gasteiger partial charge in [-0.05, 0) is 37.1 Å². The number of nitrogens with two attached hydrogens (primary N) is 1. The molecule has 0 aliphatic heterocycles. The maximum absolute atomic E-state index is 13.3. The van der Waals surface area contributed by atoms with Crippen molar-refractivity contribution in [3.8, 4) is 5.75 Å². The molecule has 0 bridgehead atoms. The highest BCUT2D eigenvalue weighted by Crippen LogP contribution is 2.40. The molecule has 0 amide bonds.